The zero-order valence-corrected chi connectivity index (χ0v) is 22.0. The largest absolute Gasteiger partial charge is 0.465 e. The maximum Gasteiger partial charge on any atom is 0.350 e. The van der Waals surface area contributed by atoms with Crippen molar-refractivity contribution in [2.45, 2.75) is 40.0 Å². The highest BCUT2D eigenvalue weighted by Crippen LogP contribution is 2.29. The molecule has 0 aliphatic carbocycles. The van der Waals surface area contributed by atoms with E-state index in [1.807, 2.05) is 12.3 Å². The van der Waals surface area contributed by atoms with E-state index in [0.717, 1.165) is 50.1 Å². The first-order chi connectivity index (χ1) is 16.4. The van der Waals surface area contributed by atoms with Crippen molar-refractivity contribution in [3.05, 3.63) is 45.1 Å². The van der Waals surface area contributed by atoms with Crippen LogP contribution in [0.25, 0.3) is 0 Å². The molecule has 2 aromatic rings. The molecule has 0 unspecified atom stereocenters. The molecular weight excluding hydrogens is 468 g/mol. The molecule has 184 valence electrons. The minimum atomic E-state index is -0.368. The van der Waals surface area contributed by atoms with Crippen LogP contribution in [0.3, 0.4) is 0 Å². The van der Waals surface area contributed by atoms with E-state index in [1.165, 1.54) is 29.6 Å². The Kier molecular flexibility index (Phi) is 9.44. The van der Waals surface area contributed by atoms with Gasteiger partial charge in [-0.2, -0.15) is 0 Å². The Morgan fingerprint density at radius 2 is 1.76 bits per heavy atom. The van der Waals surface area contributed by atoms with Crippen LogP contribution in [-0.4, -0.2) is 66.6 Å². The van der Waals surface area contributed by atoms with Crippen LogP contribution in [0.4, 0.5) is 11.4 Å². The number of carbonyl (C=O) groups is 2. The number of benzene rings is 1. The molecule has 0 spiro atoms. The third-order valence-electron chi connectivity index (χ3n) is 6.08. The van der Waals surface area contributed by atoms with Gasteiger partial charge in [-0.25, -0.2) is 4.79 Å². The first-order valence-electron chi connectivity index (χ1n) is 11.7. The number of amides is 1. The van der Waals surface area contributed by atoms with Crippen molar-refractivity contribution in [3.63, 3.8) is 0 Å². The van der Waals surface area contributed by atoms with Gasteiger partial charge in [-0.3, -0.25) is 9.69 Å². The van der Waals surface area contributed by atoms with Crippen LogP contribution in [0.1, 0.15) is 46.6 Å². The summed E-state index contributed by atoms with van der Waals surface area (Å²) in [6, 6.07) is 6.21. The number of hydrogen-bond acceptors (Lipinski definition) is 6. The van der Waals surface area contributed by atoms with Gasteiger partial charge in [0.25, 0.3) is 0 Å². The van der Waals surface area contributed by atoms with Gasteiger partial charge in [-0.1, -0.05) is 32.0 Å². The fraction of sp³-hybridized carbons (Fsp3) is 0.480. The van der Waals surface area contributed by atoms with Gasteiger partial charge in [0.2, 0.25) is 5.91 Å². The second-order valence-electron chi connectivity index (χ2n) is 8.37. The monoisotopic (exact) mass is 502 g/mol. The number of methoxy groups -OCH3 is 1. The summed E-state index contributed by atoms with van der Waals surface area (Å²) < 4.78 is 4.89. The fourth-order valence-electron chi connectivity index (χ4n) is 4.15. The molecule has 9 heteroatoms. The third kappa shape index (κ3) is 6.34. The molecule has 34 heavy (non-hydrogen) atoms. The van der Waals surface area contributed by atoms with Crippen molar-refractivity contribution < 1.29 is 14.3 Å². The molecule has 0 saturated carbocycles. The number of thiocarbonyl (C=S) groups is 1. The van der Waals surface area contributed by atoms with E-state index < -0.39 is 0 Å². The lowest BCUT2D eigenvalue weighted by molar-refractivity contribution is -0.117. The van der Waals surface area contributed by atoms with Gasteiger partial charge >= 0.3 is 5.97 Å². The summed E-state index contributed by atoms with van der Waals surface area (Å²) in [5.74, 6) is -0.353. The average Bonchev–Trinajstić information content (AvgIpc) is 3.04. The number of anilines is 2. The summed E-state index contributed by atoms with van der Waals surface area (Å²) in [6.45, 7) is 9.57. The molecule has 1 fully saturated rings. The average molecular weight is 503 g/mol. The van der Waals surface area contributed by atoms with Crippen LogP contribution in [0.2, 0.25) is 0 Å². The van der Waals surface area contributed by atoms with Crippen molar-refractivity contribution in [2.75, 3.05) is 50.5 Å². The summed E-state index contributed by atoms with van der Waals surface area (Å²) in [5, 5.41) is 8.92. The molecule has 1 amide bonds. The first-order valence-corrected chi connectivity index (χ1v) is 13.0. The van der Waals surface area contributed by atoms with Crippen LogP contribution in [-0.2, 0) is 22.4 Å². The molecular formula is C25H34N4O3S2. The van der Waals surface area contributed by atoms with Gasteiger partial charge < -0.3 is 20.3 Å². The van der Waals surface area contributed by atoms with E-state index in [9.17, 15) is 9.59 Å². The van der Waals surface area contributed by atoms with Crippen LogP contribution < -0.4 is 10.6 Å². The van der Waals surface area contributed by atoms with Gasteiger partial charge in [-0.05, 0) is 60.5 Å². The van der Waals surface area contributed by atoms with E-state index in [0.29, 0.717) is 28.8 Å². The summed E-state index contributed by atoms with van der Waals surface area (Å²) in [6.07, 6.45) is 2.66. The van der Waals surface area contributed by atoms with Crippen molar-refractivity contribution in [1.29, 1.82) is 0 Å². The maximum absolute atomic E-state index is 12.9. The molecule has 2 heterocycles. The van der Waals surface area contributed by atoms with Gasteiger partial charge in [0, 0.05) is 31.9 Å². The number of aryl methyl sites for hydroxylation is 3. The quantitative estimate of drug-likeness (QED) is 0.432. The first kappa shape index (κ1) is 26.1. The Morgan fingerprint density at radius 3 is 2.41 bits per heavy atom. The Balaban J connectivity index is 1.58. The van der Waals surface area contributed by atoms with E-state index in [2.05, 4.69) is 52.5 Å². The second kappa shape index (κ2) is 12.3. The molecule has 1 aliphatic heterocycles. The number of carbonyl (C=O) groups excluding carboxylic acids is 2. The lowest BCUT2D eigenvalue weighted by atomic mass is 10.0. The van der Waals surface area contributed by atoms with Gasteiger partial charge in [-0.15, -0.1) is 11.3 Å². The van der Waals surface area contributed by atoms with Crippen molar-refractivity contribution >= 4 is 51.9 Å². The lowest BCUT2D eigenvalue weighted by Crippen LogP contribution is -2.39. The van der Waals surface area contributed by atoms with Crippen LogP contribution in [0.5, 0.6) is 0 Å². The molecule has 0 atom stereocenters. The molecule has 3 rings (SSSR count). The summed E-state index contributed by atoms with van der Waals surface area (Å²) >= 11 is 7.01. The van der Waals surface area contributed by atoms with Gasteiger partial charge in [0.05, 0.1) is 19.3 Å². The molecule has 1 saturated heterocycles. The topological polar surface area (TPSA) is 73.9 Å². The predicted octanol–water partition coefficient (Wildman–Crippen LogP) is 4.31. The normalized spacial score (nSPS) is 14.4. The number of rotatable bonds is 7. The Morgan fingerprint density at radius 1 is 1.06 bits per heavy atom. The van der Waals surface area contributed by atoms with Gasteiger partial charge in [0.15, 0.2) is 5.11 Å². The molecule has 1 aromatic heterocycles. The highest BCUT2D eigenvalue weighted by Gasteiger charge is 2.22. The standard InChI is InChI=1S/C25H34N4O3S2/c1-5-18-9-7-10-19(6-2)22(18)26-20(30)15-28-11-8-12-29(14-13-28)25(33)27-21-17(3)16-34-23(21)24(31)32-4/h7,9-10,16H,5-6,8,11-15H2,1-4H3,(H,26,30)(H,27,33). The SMILES string of the molecule is CCc1cccc(CC)c1NC(=O)CN1CCCN(C(=S)Nc2c(C)csc2C(=O)OC)CC1. The minimum absolute atomic E-state index is 0.0152. The minimum Gasteiger partial charge on any atom is -0.465 e. The van der Waals surface area contributed by atoms with E-state index >= 15 is 0 Å². The fourth-order valence-corrected chi connectivity index (χ4v) is 5.35. The molecule has 0 radical (unpaired) electrons. The number of thiophene rings is 1. The zero-order valence-electron chi connectivity index (χ0n) is 20.4. The van der Waals surface area contributed by atoms with Crippen molar-refractivity contribution in [2.24, 2.45) is 0 Å². The number of hydrogen-bond donors (Lipinski definition) is 2. The second-order valence-corrected chi connectivity index (χ2v) is 9.63. The Hall–Kier alpha value is -2.49. The Labute approximate surface area is 211 Å². The number of nitrogens with zero attached hydrogens (tertiary/aromatic N) is 2. The Bertz CT molecular complexity index is 1010. The third-order valence-corrected chi connectivity index (χ3v) is 7.52. The highest BCUT2D eigenvalue weighted by molar-refractivity contribution is 7.80. The van der Waals surface area contributed by atoms with Crippen molar-refractivity contribution in [3.8, 4) is 0 Å². The predicted molar refractivity (Wildman–Crippen MR) is 143 cm³/mol. The molecule has 0 bridgehead atoms. The summed E-state index contributed by atoms with van der Waals surface area (Å²) in [4.78, 5) is 29.7. The smallest absolute Gasteiger partial charge is 0.350 e. The summed E-state index contributed by atoms with van der Waals surface area (Å²) in [5.41, 5.74) is 4.97. The molecule has 1 aliphatic rings. The molecule has 2 N–H and O–H groups in total. The summed E-state index contributed by atoms with van der Waals surface area (Å²) in [7, 11) is 1.38. The van der Waals surface area contributed by atoms with Crippen LogP contribution >= 0.6 is 23.6 Å². The number of nitrogens with one attached hydrogen (secondary N) is 2. The number of para-hydroxylation sites is 1. The van der Waals surface area contributed by atoms with Crippen molar-refractivity contribution in [1.82, 2.24) is 9.80 Å². The maximum atomic E-state index is 12.9. The highest BCUT2D eigenvalue weighted by atomic mass is 32.1. The number of esters is 1. The molecule has 7 nitrogen and oxygen atoms in total. The van der Waals surface area contributed by atoms with E-state index in [1.54, 1.807) is 0 Å². The lowest BCUT2D eigenvalue weighted by Gasteiger charge is -2.25. The van der Waals surface area contributed by atoms with E-state index in [4.69, 9.17) is 17.0 Å². The van der Waals surface area contributed by atoms with Gasteiger partial charge in [0.1, 0.15) is 4.88 Å². The van der Waals surface area contributed by atoms with E-state index in [-0.39, 0.29) is 11.9 Å². The van der Waals surface area contributed by atoms with Crippen LogP contribution in [0.15, 0.2) is 23.6 Å². The number of ether oxygens (including phenoxy) is 1. The molecule has 1 aromatic carbocycles. The zero-order chi connectivity index (χ0) is 24.7. The van der Waals surface area contributed by atoms with Crippen LogP contribution in [0, 0.1) is 6.92 Å².